The molecular formula is C20H31N3. The summed E-state index contributed by atoms with van der Waals surface area (Å²) in [6, 6.07) is 4.47. The normalized spacial score (nSPS) is 13.7. The third-order valence-corrected chi connectivity index (χ3v) is 4.19. The first-order valence-electron chi connectivity index (χ1n) is 8.39. The lowest BCUT2D eigenvalue weighted by molar-refractivity contribution is 0.731. The standard InChI is InChI=1S/C20H31N3/c1-8-14(4)18-11-15(5)19(12-17(18)9-2)23-16(6)13-22-20(10-3)21-7/h9,11-14,23H,2,8,10H2,1,3-7H3,(H,21,22)/b16-13+. The summed E-state index contributed by atoms with van der Waals surface area (Å²) in [6.45, 7) is 14.7. The second kappa shape index (κ2) is 9.19. The Balaban J connectivity index is 3.01. The maximum Gasteiger partial charge on any atom is 0.0996 e. The molecule has 0 aromatic heterocycles. The minimum Gasteiger partial charge on any atom is -0.358 e. The van der Waals surface area contributed by atoms with Crippen molar-refractivity contribution in [2.24, 2.45) is 4.99 Å². The highest BCUT2D eigenvalue weighted by Gasteiger charge is 2.10. The van der Waals surface area contributed by atoms with E-state index in [1.54, 1.807) is 7.05 Å². The summed E-state index contributed by atoms with van der Waals surface area (Å²) in [6.07, 6.45) is 5.93. The van der Waals surface area contributed by atoms with Gasteiger partial charge < -0.3 is 10.6 Å². The van der Waals surface area contributed by atoms with Crippen molar-refractivity contribution in [2.75, 3.05) is 12.4 Å². The zero-order valence-electron chi connectivity index (χ0n) is 15.5. The van der Waals surface area contributed by atoms with Gasteiger partial charge in [0.05, 0.1) is 5.84 Å². The van der Waals surface area contributed by atoms with Crippen LogP contribution >= 0.6 is 0 Å². The first-order chi connectivity index (χ1) is 11.0. The maximum absolute atomic E-state index is 4.19. The Morgan fingerprint density at radius 1 is 1.35 bits per heavy atom. The van der Waals surface area contributed by atoms with Gasteiger partial charge in [-0.05, 0) is 48.9 Å². The van der Waals surface area contributed by atoms with Crippen LogP contribution in [-0.2, 0) is 0 Å². The molecular weight excluding hydrogens is 282 g/mol. The number of nitrogens with zero attached hydrogens (tertiary/aromatic N) is 1. The van der Waals surface area contributed by atoms with E-state index < -0.39 is 0 Å². The summed E-state index contributed by atoms with van der Waals surface area (Å²) < 4.78 is 0. The summed E-state index contributed by atoms with van der Waals surface area (Å²) >= 11 is 0. The lowest BCUT2D eigenvalue weighted by atomic mass is 9.91. The fourth-order valence-corrected chi connectivity index (χ4v) is 2.47. The van der Waals surface area contributed by atoms with Crippen LogP contribution in [0.4, 0.5) is 5.69 Å². The van der Waals surface area contributed by atoms with Gasteiger partial charge in [0.1, 0.15) is 0 Å². The third-order valence-electron chi connectivity index (χ3n) is 4.19. The Kier molecular flexibility index (Phi) is 7.60. The van der Waals surface area contributed by atoms with Crippen molar-refractivity contribution in [3.63, 3.8) is 0 Å². The van der Waals surface area contributed by atoms with E-state index in [0.717, 1.165) is 30.1 Å². The molecule has 0 amide bonds. The Morgan fingerprint density at radius 3 is 2.57 bits per heavy atom. The minimum absolute atomic E-state index is 0.543. The molecule has 1 aromatic carbocycles. The number of allylic oxidation sites excluding steroid dienone is 1. The monoisotopic (exact) mass is 313 g/mol. The number of hydrogen-bond donors (Lipinski definition) is 2. The topological polar surface area (TPSA) is 36.4 Å². The highest BCUT2D eigenvalue weighted by atomic mass is 15.0. The molecule has 0 heterocycles. The number of anilines is 1. The molecule has 126 valence electrons. The van der Waals surface area contributed by atoms with Gasteiger partial charge in [0.15, 0.2) is 0 Å². The molecule has 1 unspecified atom stereocenters. The molecule has 0 aliphatic carbocycles. The van der Waals surface area contributed by atoms with Crippen molar-refractivity contribution in [3.05, 3.63) is 47.3 Å². The van der Waals surface area contributed by atoms with Gasteiger partial charge >= 0.3 is 0 Å². The molecule has 1 atom stereocenters. The highest BCUT2D eigenvalue weighted by Crippen LogP contribution is 2.29. The summed E-state index contributed by atoms with van der Waals surface area (Å²) in [4.78, 5) is 4.19. The van der Waals surface area contributed by atoms with E-state index in [9.17, 15) is 0 Å². The Hall–Kier alpha value is -2.03. The van der Waals surface area contributed by atoms with E-state index in [1.165, 1.54) is 16.7 Å². The van der Waals surface area contributed by atoms with E-state index in [1.807, 2.05) is 19.2 Å². The maximum atomic E-state index is 4.19. The molecule has 0 fully saturated rings. The second-order valence-corrected chi connectivity index (χ2v) is 5.93. The lowest BCUT2D eigenvalue weighted by Gasteiger charge is -2.18. The van der Waals surface area contributed by atoms with E-state index in [-0.39, 0.29) is 0 Å². The van der Waals surface area contributed by atoms with Crippen LogP contribution < -0.4 is 10.6 Å². The van der Waals surface area contributed by atoms with Gasteiger partial charge in [-0.25, -0.2) is 0 Å². The molecule has 2 N–H and O–H groups in total. The fourth-order valence-electron chi connectivity index (χ4n) is 2.47. The number of amidine groups is 1. The lowest BCUT2D eigenvalue weighted by Crippen LogP contribution is -2.17. The number of aryl methyl sites for hydroxylation is 1. The van der Waals surface area contributed by atoms with Crippen LogP contribution in [0.25, 0.3) is 6.08 Å². The number of hydrogen-bond acceptors (Lipinski definition) is 2. The first-order valence-corrected chi connectivity index (χ1v) is 8.39. The van der Waals surface area contributed by atoms with Crippen LogP contribution in [0, 0.1) is 6.92 Å². The largest absolute Gasteiger partial charge is 0.358 e. The van der Waals surface area contributed by atoms with Gasteiger partial charge in [0.2, 0.25) is 0 Å². The molecule has 3 nitrogen and oxygen atoms in total. The third kappa shape index (κ3) is 5.27. The Labute approximate surface area is 141 Å². The molecule has 0 aliphatic rings. The molecule has 0 saturated heterocycles. The van der Waals surface area contributed by atoms with E-state index in [4.69, 9.17) is 0 Å². The van der Waals surface area contributed by atoms with Crippen molar-refractivity contribution in [2.45, 2.75) is 53.4 Å². The SMILES string of the molecule is C=Cc1cc(N/C(C)=C/NC(CC)=NC)c(C)cc1C(C)CC. The van der Waals surface area contributed by atoms with Crippen molar-refractivity contribution < 1.29 is 0 Å². The average Bonchev–Trinajstić information content (AvgIpc) is 2.56. The summed E-state index contributed by atoms with van der Waals surface area (Å²) in [5.41, 5.74) is 6.00. The molecule has 1 rings (SSSR count). The molecule has 3 heteroatoms. The van der Waals surface area contributed by atoms with Crippen LogP contribution in [0.3, 0.4) is 0 Å². The second-order valence-electron chi connectivity index (χ2n) is 5.93. The van der Waals surface area contributed by atoms with E-state index >= 15 is 0 Å². The van der Waals surface area contributed by atoms with Crippen LogP contribution in [-0.4, -0.2) is 12.9 Å². The summed E-state index contributed by atoms with van der Waals surface area (Å²) in [7, 11) is 1.80. The van der Waals surface area contributed by atoms with Crippen molar-refractivity contribution in [3.8, 4) is 0 Å². The van der Waals surface area contributed by atoms with E-state index in [0.29, 0.717) is 5.92 Å². The molecule has 0 saturated carbocycles. The van der Waals surface area contributed by atoms with Crippen LogP contribution in [0.1, 0.15) is 63.1 Å². The molecule has 0 bridgehead atoms. The van der Waals surface area contributed by atoms with Crippen LogP contribution in [0.2, 0.25) is 0 Å². The number of aliphatic imine (C=N–C) groups is 1. The molecule has 1 aromatic rings. The molecule has 0 spiro atoms. The molecule has 23 heavy (non-hydrogen) atoms. The number of rotatable bonds is 7. The molecule has 0 aliphatic heterocycles. The zero-order valence-corrected chi connectivity index (χ0v) is 15.5. The smallest absolute Gasteiger partial charge is 0.0996 e. The van der Waals surface area contributed by atoms with Crippen LogP contribution in [0.15, 0.2) is 35.6 Å². The van der Waals surface area contributed by atoms with Crippen molar-refractivity contribution in [1.82, 2.24) is 5.32 Å². The van der Waals surface area contributed by atoms with Gasteiger partial charge in [-0.15, -0.1) is 0 Å². The van der Waals surface area contributed by atoms with Crippen molar-refractivity contribution in [1.29, 1.82) is 0 Å². The van der Waals surface area contributed by atoms with Gasteiger partial charge in [0, 0.05) is 31.1 Å². The van der Waals surface area contributed by atoms with Gasteiger partial charge in [-0.2, -0.15) is 0 Å². The summed E-state index contributed by atoms with van der Waals surface area (Å²) in [5, 5.41) is 6.70. The van der Waals surface area contributed by atoms with Gasteiger partial charge in [0.25, 0.3) is 0 Å². The predicted molar refractivity (Wildman–Crippen MR) is 104 cm³/mol. The van der Waals surface area contributed by atoms with Gasteiger partial charge in [-0.1, -0.05) is 39.5 Å². The first kappa shape index (κ1) is 19.0. The number of benzene rings is 1. The predicted octanol–water partition coefficient (Wildman–Crippen LogP) is 5.45. The van der Waals surface area contributed by atoms with Crippen molar-refractivity contribution >= 4 is 17.6 Å². The fraction of sp³-hybridized carbons (Fsp3) is 0.450. The Morgan fingerprint density at radius 2 is 2.04 bits per heavy atom. The highest BCUT2D eigenvalue weighted by molar-refractivity contribution is 5.82. The zero-order chi connectivity index (χ0) is 17.4. The summed E-state index contributed by atoms with van der Waals surface area (Å²) in [5.74, 6) is 1.52. The quantitative estimate of drug-likeness (QED) is 0.518. The minimum atomic E-state index is 0.543. The average molecular weight is 313 g/mol. The van der Waals surface area contributed by atoms with Crippen LogP contribution in [0.5, 0.6) is 0 Å². The number of nitrogens with one attached hydrogen (secondary N) is 2. The van der Waals surface area contributed by atoms with E-state index in [2.05, 4.69) is 62.0 Å². The molecule has 0 radical (unpaired) electrons. The Bertz CT molecular complexity index is 597. The van der Waals surface area contributed by atoms with Gasteiger partial charge in [-0.3, -0.25) is 4.99 Å².